The van der Waals surface area contributed by atoms with Crippen molar-refractivity contribution in [2.75, 3.05) is 13.7 Å². The number of hydrogen-bond donors (Lipinski definition) is 3. The lowest BCUT2D eigenvalue weighted by molar-refractivity contribution is 0.172. The predicted molar refractivity (Wildman–Crippen MR) is 104 cm³/mol. The quantitative estimate of drug-likeness (QED) is 0.611. The van der Waals surface area contributed by atoms with E-state index in [4.69, 9.17) is 4.74 Å². The van der Waals surface area contributed by atoms with E-state index in [2.05, 4.69) is 29.4 Å². The molecule has 3 aromatic rings. The standard InChI is InChI=1S/C21H24N2O3/c1-14(12-15-6-8-16(26-2)9-7-15)22-13-20(24)18-4-3-5-19-17(18)10-11-21(25)23-19/h3-11,14,20,22,24H,12-13H2,1-2H3,(H,23,25). The van der Waals surface area contributed by atoms with Gasteiger partial charge in [0, 0.05) is 29.6 Å². The highest BCUT2D eigenvalue weighted by Gasteiger charge is 2.13. The molecule has 1 heterocycles. The molecule has 0 saturated carbocycles. The summed E-state index contributed by atoms with van der Waals surface area (Å²) >= 11 is 0. The number of hydrogen-bond acceptors (Lipinski definition) is 4. The third-order valence-electron chi connectivity index (χ3n) is 4.52. The van der Waals surface area contributed by atoms with Crippen LogP contribution in [0.25, 0.3) is 10.9 Å². The molecule has 5 heteroatoms. The normalized spacial score (nSPS) is 13.5. The van der Waals surface area contributed by atoms with Crippen molar-refractivity contribution in [1.29, 1.82) is 0 Å². The largest absolute Gasteiger partial charge is 0.497 e. The Hall–Kier alpha value is -2.63. The lowest BCUT2D eigenvalue weighted by Crippen LogP contribution is -2.32. The first-order valence-corrected chi connectivity index (χ1v) is 8.73. The maximum Gasteiger partial charge on any atom is 0.248 e. The maximum absolute atomic E-state index is 11.5. The van der Waals surface area contributed by atoms with Crippen molar-refractivity contribution in [3.8, 4) is 5.75 Å². The molecule has 0 radical (unpaired) electrons. The van der Waals surface area contributed by atoms with Crippen LogP contribution in [0.4, 0.5) is 0 Å². The fourth-order valence-corrected chi connectivity index (χ4v) is 3.11. The van der Waals surface area contributed by atoms with Crippen molar-refractivity contribution in [3.05, 3.63) is 76.1 Å². The van der Waals surface area contributed by atoms with Crippen LogP contribution in [0.3, 0.4) is 0 Å². The number of aromatic nitrogens is 1. The molecule has 0 bridgehead atoms. The summed E-state index contributed by atoms with van der Waals surface area (Å²) in [4.78, 5) is 14.2. The number of benzene rings is 2. The van der Waals surface area contributed by atoms with Crippen LogP contribution in [0.1, 0.15) is 24.2 Å². The highest BCUT2D eigenvalue weighted by Crippen LogP contribution is 2.22. The average Bonchev–Trinajstić information content (AvgIpc) is 2.66. The average molecular weight is 352 g/mol. The summed E-state index contributed by atoms with van der Waals surface area (Å²) < 4.78 is 5.17. The van der Waals surface area contributed by atoms with Crippen molar-refractivity contribution in [2.45, 2.75) is 25.5 Å². The molecule has 2 atom stereocenters. The minimum absolute atomic E-state index is 0.143. The van der Waals surface area contributed by atoms with Crippen LogP contribution >= 0.6 is 0 Å². The van der Waals surface area contributed by atoms with Gasteiger partial charge in [0.1, 0.15) is 5.75 Å². The van der Waals surface area contributed by atoms with Crippen molar-refractivity contribution < 1.29 is 9.84 Å². The summed E-state index contributed by atoms with van der Waals surface area (Å²) in [6, 6.07) is 17.0. The maximum atomic E-state index is 11.5. The summed E-state index contributed by atoms with van der Waals surface area (Å²) in [6.45, 7) is 2.53. The van der Waals surface area contributed by atoms with Crippen LogP contribution in [0.5, 0.6) is 5.75 Å². The molecule has 0 spiro atoms. The van der Waals surface area contributed by atoms with E-state index in [0.717, 1.165) is 28.6 Å². The van der Waals surface area contributed by atoms with E-state index in [1.54, 1.807) is 13.2 Å². The Kier molecular flexibility index (Phi) is 5.71. The number of nitrogens with one attached hydrogen (secondary N) is 2. The number of H-pyrrole nitrogens is 1. The van der Waals surface area contributed by atoms with E-state index in [0.29, 0.717) is 6.54 Å². The van der Waals surface area contributed by atoms with Crippen molar-refractivity contribution in [1.82, 2.24) is 10.3 Å². The zero-order valence-electron chi connectivity index (χ0n) is 15.0. The van der Waals surface area contributed by atoms with Gasteiger partial charge in [-0.2, -0.15) is 0 Å². The summed E-state index contributed by atoms with van der Waals surface area (Å²) in [5, 5.41) is 14.8. The van der Waals surface area contributed by atoms with E-state index >= 15 is 0 Å². The fourth-order valence-electron chi connectivity index (χ4n) is 3.11. The zero-order chi connectivity index (χ0) is 18.5. The first-order chi connectivity index (χ1) is 12.6. The predicted octanol–water partition coefficient (Wildman–Crippen LogP) is 2.79. The minimum Gasteiger partial charge on any atom is -0.497 e. The molecule has 5 nitrogen and oxygen atoms in total. The van der Waals surface area contributed by atoms with Crippen molar-refractivity contribution >= 4 is 10.9 Å². The monoisotopic (exact) mass is 352 g/mol. The molecule has 0 saturated heterocycles. The highest BCUT2D eigenvalue weighted by atomic mass is 16.5. The summed E-state index contributed by atoms with van der Waals surface area (Å²) in [5.41, 5.74) is 2.61. The molecule has 26 heavy (non-hydrogen) atoms. The first-order valence-electron chi connectivity index (χ1n) is 8.73. The molecule has 1 aromatic heterocycles. The SMILES string of the molecule is COc1ccc(CC(C)NCC(O)c2cccc3[nH]c(=O)ccc23)cc1. The topological polar surface area (TPSA) is 74.3 Å². The first kappa shape index (κ1) is 18.2. The van der Waals surface area contributed by atoms with Gasteiger partial charge in [-0.25, -0.2) is 0 Å². The Morgan fingerprint density at radius 1 is 1.12 bits per heavy atom. The second-order valence-electron chi connectivity index (χ2n) is 6.51. The number of aliphatic hydroxyl groups excluding tert-OH is 1. The van der Waals surface area contributed by atoms with Crippen LogP contribution in [0.15, 0.2) is 59.4 Å². The van der Waals surface area contributed by atoms with Crippen LogP contribution in [-0.2, 0) is 6.42 Å². The second-order valence-corrected chi connectivity index (χ2v) is 6.51. The van der Waals surface area contributed by atoms with Gasteiger partial charge in [0.2, 0.25) is 5.56 Å². The van der Waals surface area contributed by atoms with Crippen LogP contribution in [-0.4, -0.2) is 29.8 Å². The second kappa shape index (κ2) is 8.17. The molecule has 136 valence electrons. The Morgan fingerprint density at radius 3 is 2.62 bits per heavy atom. The number of methoxy groups -OCH3 is 1. The van der Waals surface area contributed by atoms with Crippen molar-refractivity contribution in [3.63, 3.8) is 0 Å². The fraction of sp³-hybridized carbons (Fsp3) is 0.286. The van der Waals surface area contributed by atoms with Gasteiger partial charge in [0.25, 0.3) is 0 Å². The molecule has 0 aliphatic heterocycles. The third-order valence-corrected chi connectivity index (χ3v) is 4.52. The Labute approximate surface area is 152 Å². The molecular formula is C21H24N2O3. The van der Waals surface area contributed by atoms with Gasteiger partial charge in [-0.3, -0.25) is 4.79 Å². The van der Waals surface area contributed by atoms with Crippen LogP contribution in [0.2, 0.25) is 0 Å². The lowest BCUT2D eigenvalue weighted by atomic mass is 10.0. The van der Waals surface area contributed by atoms with E-state index < -0.39 is 6.10 Å². The van der Waals surface area contributed by atoms with Crippen LogP contribution < -0.4 is 15.6 Å². The van der Waals surface area contributed by atoms with Gasteiger partial charge in [-0.1, -0.05) is 24.3 Å². The van der Waals surface area contributed by atoms with Gasteiger partial charge in [0.05, 0.1) is 13.2 Å². The number of rotatable bonds is 7. The molecule has 0 aliphatic carbocycles. The van der Waals surface area contributed by atoms with E-state index in [-0.39, 0.29) is 11.6 Å². The van der Waals surface area contributed by atoms with Crippen molar-refractivity contribution in [2.24, 2.45) is 0 Å². The number of aromatic amines is 1. The molecular weight excluding hydrogens is 328 g/mol. The molecule has 0 amide bonds. The molecule has 3 rings (SSSR count). The molecule has 2 unspecified atom stereocenters. The molecule has 2 aromatic carbocycles. The number of fused-ring (bicyclic) bond motifs is 1. The molecule has 3 N–H and O–H groups in total. The Balaban J connectivity index is 1.63. The molecule has 0 aliphatic rings. The molecule has 0 fully saturated rings. The smallest absolute Gasteiger partial charge is 0.248 e. The highest BCUT2D eigenvalue weighted by molar-refractivity contribution is 5.82. The number of aliphatic hydroxyl groups is 1. The van der Waals surface area contributed by atoms with E-state index in [1.807, 2.05) is 30.3 Å². The van der Waals surface area contributed by atoms with Gasteiger partial charge in [0.15, 0.2) is 0 Å². The van der Waals surface area contributed by atoms with Gasteiger partial charge >= 0.3 is 0 Å². The van der Waals surface area contributed by atoms with Gasteiger partial charge in [-0.15, -0.1) is 0 Å². The van der Waals surface area contributed by atoms with Crippen LogP contribution in [0, 0.1) is 0 Å². The lowest BCUT2D eigenvalue weighted by Gasteiger charge is -2.19. The van der Waals surface area contributed by atoms with Gasteiger partial charge < -0.3 is 20.1 Å². The number of ether oxygens (including phenoxy) is 1. The Morgan fingerprint density at radius 2 is 1.88 bits per heavy atom. The minimum atomic E-state index is -0.650. The summed E-state index contributed by atoms with van der Waals surface area (Å²) in [6.07, 6.45) is 0.211. The van der Waals surface area contributed by atoms with E-state index in [9.17, 15) is 9.90 Å². The van der Waals surface area contributed by atoms with E-state index in [1.165, 1.54) is 11.6 Å². The number of pyridine rings is 1. The third kappa shape index (κ3) is 4.31. The summed E-state index contributed by atoms with van der Waals surface area (Å²) in [7, 11) is 1.66. The zero-order valence-corrected chi connectivity index (χ0v) is 15.0. The summed E-state index contributed by atoms with van der Waals surface area (Å²) in [5.74, 6) is 0.846. The Bertz CT molecular complexity index is 918. The van der Waals surface area contributed by atoms with Gasteiger partial charge in [-0.05, 0) is 48.7 Å².